The summed E-state index contributed by atoms with van der Waals surface area (Å²) in [6.45, 7) is 5.10. The van der Waals surface area contributed by atoms with E-state index < -0.39 is 0 Å². The quantitative estimate of drug-likeness (QED) is 0.815. The second-order valence-electron chi connectivity index (χ2n) is 5.32. The highest BCUT2D eigenvalue weighted by Crippen LogP contribution is 2.25. The summed E-state index contributed by atoms with van der Waals surface area (Å²) < 4.78 is 5.20. The van der Waals surface area contributed by atoms with Crippen LogP contribution in [0.2, 0.25) is 0 Å². The number of aromatic amines is 1. The molecule has 1 unspecified atom stereocenters. The molecule has 0 aliphatic rings. The second-order valence-corrected chi connectivity index (χ2v) is 5.32. The van der Waals surface area contributed by atoms with E-state index in [4.69, 9.17) is 4.74 Å². The van der Waals surface area contributed by atoms with E-state index in [0.29, 0.717) is 5.92 Å². The number of benzene rings is 1. The first kappa shape index (κ1) is 14.8. The summed E-state index contributed by atoms with van der Waals surface area (Å²) in [4.78, 5) is 8.05. The number of hydrogen-bond donors (Lipinski definition) is 1. The average Bonchev–Trinajstić information content (AvgIpc) is 2.94. The Kier molecular flexibility index (Phi) is 5.36. The van der Waals surface area contributed by atoms with Gasteiger partial charge in [0.15, 0.2) is 0 Å². The molecule has 0 saturated carbocycles. The molecule has 0 radical (unpaired) electrons. The first-order valence-electron chi connectivity index (χ1n) is 7.35. The van der Waals surface area contributed by atoms with Gasteiger partial charge < -0.3 is 9.72 Å². The Morgan fingerprint density at radius 1 is 1.20 bits per heavy atom. The highest BCUT2D eigenvalue weighted by Gasteiger charge is 2.14. The first-order chi connectivity index (χ1) is 9.74. The van der Waals surface area contributed by atoms with Crippen LogP contribution < -0.4 is 0 Å². The van der Waals surface area contributed by atoms with Gasteiger partial charge in [0.2, 0.25) is 0 Å². The summed E-state index contributed by atoms with van der Waals surface area (Å²) in [5.41, 5.74) is 3.56. The molecule has 2 aromatic rings. The fraction of sp³-hybridized carbons (Fsp3) is 0.471. The zero-order chi connectivity index (χ0) is 14.4. The van der Waals surface area contributed by atoms with Crippen molar-refractivity contribution in [3.63, 3.8) is 0 Å². The van der Waals surface area contributed by atoms with E-state index in [-0.39, 0.29) is 0 Å². The second kappa shape index (κ2) is 7.25. The molecule has 20 heavy (non-hydrogen) atoms. The Labute approximate surface area is 121 Å². The molecule has 1 N–H and O–H groups in total. The van der Waals surface area contributed by atoms with Gasteiger partial charge in [-0.05, 0) is 25.3 Å². The predicted octanol–water partition coefficient (Wildman–Crippen LogP) is 4.31. The third kappa shape index (κ3) is 3.70. The minimum absolute atomic E-state index is 0.458. The number of ether oxygens (including phenoxy) is 1. The fourth-order valence-electron chi connectivity index (χ4n) is 2.45. The molecule has 0 fully saturated rings. The van der Waals surface area contributed by atoms with Crippen LogP contribution in [0.3, 0.4) is 0 Å². The number of nitrogens with one attached hydrogen (secondary N) is 1. The van der Waals surface area contributed by atoms with E-state index in [1.54, 1.807) is 7.11 Å². The topological polar surface area (TPSA) is 37.9 Å². The molecule has 1 aromatic carbocycles. The number of methoxy groups -OCH3 is 1. The zero-order valence-electron chi connectivity index (χ0n) is 12.6. The van der Waals surface area contributed by atoms with E-state index in [1.807, 2.05) is 6.20 Å². The average molecular weight is 272 g/mol. The molecule has 0 saturated heterocycles. The smallest absolute Gasteiger partial charge is 0.109 e. The minimum Gasteiger partial charge on any atom is -0.385 e. The Morgan fingerprint density at radius 3 is 2.60 bits per heavy atom. The lowest BCUT2D eigenvalue weighted by Gasteiger charge is -2.12. The monoisotopic (exact) mass is 272 g/mol. The van der Waals surface area contributed by atoms with Gasteiger partial charge in [0.25, 0.3) is 0 Å². The summed E-state index contributed by atoms with van der Waals surface area (Å²) in [6.07, 6.45) is 5.26. The zero-order valence-corrected chi connectivity index (χ0v) is 12.6. The van der Waals surface area contributed by atoms with E-state index in [2.05, 4.69) is 48.1 Å². The highest BCUT2D eigenvalue weighted by atomic mass is 16.5. The van der Waals surface area contributed by atoms with Crippen molar-refractivity contribution < 1.29 is 4.74 Å². The van der Waals surface area contributed by atoms with Gasteiger partial charge in [0, 0.05) is 19.6 Å². The third-order valence-corrected chi connectivity index (χ3v) is 3.65. The summed E-state index contributed by atoms with van der Waals surface area (Å²) in [7, 11) is 1.75. The van der Waals surface area contributed by atoms with Gasteiger partial charge in [0.05, 0.1) is 11.9 Å². The summed E-state index contributed by atoms with van der Waals surface area (Å²) >= 11 is 0. The lowest BCUT2D eigenvalue weighted by molar-refractivity contribution is 0.185. The van der Waals surface area contributed by atoms with Crippen molar-refractivity contribution in [1.29, 1.82) is 0 Å². The van der Waals surface area contributed by atoms with E-state index in [9.17, 15) is 0 Å². The molecule has 2 rings (SSSR count). The van der Waals surface area contributed by atoms with Crippen molar-refractivity contribution in [2.45, 2.75) is 39.0 Å². The van der Waals surface area contributed by atoms with E-state index in [0.717, 1.165) is 37.4 Å². The van der Waals surface area contributed by atoms with Crippen LogP contribution in [-0.2, 0) is 4.74 Å². The third-order valence-electron chi connectivity index (χ3n) is 3.65. The largest absolute Gasteiger partial charge is 0.385 e. The Bertz CT molecular complexity index is 516. The number of hydrogen-bond acceptors (Lipinski definition) is 2. The molecular formula is C17H24N2O. The molecule has 1 heterocycles. The van der Waals surface area contributed by atoms with Crippen molar-refractivity contribution >= 4 is 0 Å². The standard InChI is InChI=1S/C17H24N2O/c1-4-5-15(10-11-20-3)17-18-12-16(19-17)14-8-6-13(2)7-9-14/h6-9,12,15H,4-5,10-11H2,1-3H3,(H,18,19). The van der Waals surface area contributed by atoms with Crippen molar-refractivity contribution in [3.05, 3.63) is 41.9 Å². The maximum atomic E-state index is 5.20. The number of imidazole rings is 1. The molecule has 0 aliphatic carbocycles. The van der Waals surface area contributed by atoms with E-state index in [1.165, 1.54) is 11.1 Å². The molecule has 1 atom stereocenters. The SMILES string of the molecule is CCCC(CCOC)c1ncc(-c2ccc(C)cc2)[nH]1. The molecule has 1 aromatic heterocycles. The maximum absolute atomic E-state index is 5.20. The van der Waals surface area contributed by atoms with Crippen LogP contribution in [0.5, 0.6) is 0 Å². The first-order valence-corrected chi connectivity index (χ1v) is 7.35. The summed E-state index contributed by atoms with van der Waals surface area (Å²) in [5.74, 6) is 1.54. The van der Waals surface area contributed by atoms with Crippen molar-refractivity contribution in [2.75, 3.05) is 13.7 Å². The lowest BCUT2D eigenvalue weighted by Crippen LogP contribution is -2.04. The molecule has 3 heteroatoms. The van der Waals surface area contributed by atoms with Gasteiger partial charge in [-0.25, -0.2) is 4.98 Å². The molecular weight excluding hydrogens is 248 g/mol. The van der Waals surface area contributed by atoms with Gasteiger partial charge in [0.1, 0.15) is 5.82 Å². The van der Waals surface area contributed by atoms with Gasteiger partial charge >= 0.3 is 0 Å². The maximum Gasteiger partial charge on any atom is 0.109 e. The van der Waals surface area contributed by atoms with Crippen LogP contribution in [-0.4, -0.2) is 23.7 Å². The number of nitrogens with zero attached hydrogens (tertiary/aromatic N) is 1. The molecule has 0 amide bonds. The number of H-pyrrole nitrogens is 1. The van der Waals surface area contributed by atoms with Gasteiger partial charge in [-0.15, -0.1) is 0 Å². The fourth-order valence-corrected chi connectivity index (χ4v) is 2.45. The summed E-state index contributed by atoms with van der Waals surface area (Å²) in [5, 5.41) is 0. The summed E-state index contributed by atoms with van der Waals surface area (Å²) in [6, 6.07) is 8.53. The van der Waals surface area contributed by atoms with Gasteiger partial charge in [-0.3, -0.25) is 0 Å². The Balaban J connectivity index is 2.15. The molecule has 108 valence electrons. The number of rotatable bonds is 7. The van der Waals surface area contributed by atoms with E-state index >= 15 is 0 Å². The van der Waals surface area contributed by atoms with Crippen LogP contribution in [0.4, 0.5) is 0 Å². The Morgan fingerprint density at radius 2 is 1.95 bits per heavy atom. The van der Waals surface area contributed by atoms with Crippen LogP contribution in [0.15, 0.2) is 30.5 Å². The molecule has 3 nitrogen and oxygen atoms in total. The van der Waals surface area contributed by atoms with Crippen LogP contribution in [0, 0.1) is 6.92 Å². The van der Waals surface area contributed by atoms with Gasteiger partial charge in [-0.2, -0.15) is 0 Å². The molecule has 0 spiro atoms. The molecule has 0 aliphatic heterocycles. The lowest BCUT2D eigenvalue weighted by atomic mass is 9.99. The predicted molar refractivity (Wildman–Crippen MR) is 82.9 cm³/mol. The van der Waals surface area contributed by atoms with Crippen LogP contribution in [0.25, 0.3) is 11.3 Å². The van der Waals surface area contributed by atoms with Crippen molar-refractivity contribution in [1.82, 2.24) is 9.97 Å². The van der Waals surface area contributed by atoms with Crippen LogP contribution >= 0.6 is 0 Å². The minimum atomic E-state index is 0.458. The number of aryl methyl sites for hydroxylation is 1. The normalized spacial score (nSPS) is 12.6. The van der Waals surface area contributed by atoms with Crippen LogP contribution in [0.1, 0.15) is 43.5 Å². The Hall–Kier alpha value is -1.61. The highest BCUT2D eigenvalue weighted by molar-refractivity contribution is 5.58. The van der Waals surface area contributed by atoms with Gasteiger partial charge in [-0.1, -0.05) is 43.2 Å². The number of aromatic nitrogens is 2. The molecule has 0 bridgehead atoms. The van der Waals surface area contributed by atoms with Crippen molar-refractivity contribution in [2.24, 2.45) is 0 Å². The van der Waals surface area contributed by atoms with Crippen molar-refractivity contribution in [3.8, 4) is 11.3 Å².